The van der Waals surface area contributed by atoms with Gasteiger partial charge in [-0.2, -0.15) is 0 Å². The van der Waals surface area contributed by atoms with Gasteiger partial charge in [-0.15, -0.1) is 0 Å². The number of hydrogen-bond acceptors (Lipinski definition) is 2. The Balaban J connectivity index is 1.85. The molecule has 3 aromatic rings. The molecule has 5 heteroatoms. The van der Waals surface area contributed by atoms with Gasteiger partial charge in [-0.25, -0.2) is 0 Å². The van der Waals surface area contributed by atoms with E-state index in [-0.39, 0.29) is 6.04 Å². The van der Waals surface area contributed by atoms with Gasteiger partial charge in [0, 0.05) is 5.69 Å². The van der Waals surface area contributed by atoms with Crippen LogP contribution in [-0.2, 0) is 0 Å². The first-order valence-corrected chi connectivity index (χ1v) is 9.79. The summed E-state index contributed by atoms with van der Waals surface area (Å²) < 4.78 is 5.20. The van der Waals surface area contributed by atoms with Crippen LogP contribution in [-0.4, -0.2) is 12.2 Å². The zero-order valence-corrected chi connectivity index (χ0v) is 17.7. The van der Waals surface area contributed by atoms with Crippen LogP contribution in [0.4, 0.5) is 5.69 Å². The SMILES string of the molecule is COc1ccc(NC(=S)N[C@H](c2ccccc2)c2ccc(C)cc2C)cc1Cl. The maximum atomic E-state index is 6.22. The quantitative estimate of drug-likeness (QED) is 0.502. The molecule has 3 aromatic carbocycles. The number of methoxy groups -OCH3 is 1. The van der Waals surface area contributed by atoms with Gasteiger partial charge in [0.25, 0.3) is 0 Å². The zero-order valence-electron chi connectivity index (χ0n) is 16.1. The van der Waals surface area contributed by atoms with Gasteiger partial charge < -0.3 is 15.4 Å². The maximum absolute atomic E-state index is 6.22. The second-order valence-corrected chi connectivity index (χ2v) is 7.47. The first-order chi connectivity index (χ1) is 13.5. The molecule has 3 nitrogen and oxygen atoms in total. The lowest BCUT2D eigenvalue weighted by Crippen LogP contribution is -2.33. The van der Waals surface area contributed by atoms with Crippen molar-refractivity contribution in [2.45, 2.75) is 19.9 Å². The standard InChI is InChI=1S/C23H23ClN2OS/c1-15-9-11-19(16(2)13-15)22(17-7-5-4-6-8-17)26-23(28)25-18-10-12-21(27-3)20(24)14-18/h4-14,22H,1-3H3,(H2,25,26,28)/t22-/m1/s1. The normalized spacial score (nSPS) is 11.6. The largest absolute Gasteiger partial charge is 0.495 e. The molecule has 0 saturated carbocycles. The highest BCUT2D eigenvalue weighted by atomic mass is 35.5. The molecule has 144 valence electrons. The minimum atomic E-state index is -0.0597. The molecule has 0 spiro atoms. The lowest BCUT2D eigenvalue weighted by atomic mass is 9.94. The first-order valence-electron chi connectivity index (χ1n) is 9.01. The summed E-state index contributed by atoms with van der Waals surface area (Å²) >= 11 is 11.8. The van der Waals surface area contributed by atoms with Crippen molar-refractivity contribution in [3.05, 3.63) is 94.0 Å². The minimum Gasteiger partial charge on any atom is -0.495 e. The van der Waals surface area contributed by atoms with E-state index in [1.54, 1.807) is 13.2 Å². The number of thiocarbonyl (C=S) groups is 1. The monoisotopic (exact) mass is 410 g/mol. The third-order valence-corrected chi connectivity index (χ3v) is 5.07. The number of hydrogen-bond donors (Lipinski definition) is 2. The van der Waals surface area contributed by atoms with E-state index in [0.717, 1.165) is 11.3 Å². The molecule has 0 unspecified atom stereocenters. The van der Waals surface area contributed by atoms with Crippen LogP contribution < -0.4 is 15.4 Å². The molecule has 0 aromatic heterocycles. The molecular formula is C23H23ClN2OS. The van der Waals surface area contributed by atoms with Gasteiger partial charge in [-0.3, -0.25) is 0 Å². The van der Waals surface area contributed by atoms with E-state index >= 15 is 0 Å². The van der Waals surface area contributed by atoms with Crippen molar-refractivity contribution in [2.75, 3.05) is 12.4 Å². The second kappa shape index (κ2) is 9.09. The van der Waals surface area contributed by atoms with Crippen molar-refractivity contribution in [1.29, 1.82) is 0 Å². The van der Waals surface area contributed by atoms with Gasteiger partial charge in [0.2, 0.25) is 0 Å². The molecule has 0 saturated heterocycles. The Kier molecular flexibility index (Phi) is 6.55. The fraction of sp³-hybridized carbons (Fsp3) is 0.174. The average Bonchev–Trinajstić information content (AvgIpc) is 2.67. The van der Waals surface area contributed by atoms with Crippen LogP contribution in [0, 0.1) is 13.8 Å². The Labute approximate surface area is 176 Å². The summed E-state index contributed by atoms with van der Waals surface area (Å²) in [4.78, 5) is 0. The van der Waals surface area contributed by atoms with Crippen molar-refractivity contribution < 1.29 is 4.74 Å². The van der Waals surface area contributed by atoms with E-state index < -0.39 is 0 Å². The molecule has 3 rings (SSSR count). The maximum Gasteiger partial charge on any atom is 0.171 e. The van der Waals surface area contributed by atoms with E-state index in [4.69, 9.17) is 28.6 Å². The molecule has 0 aliphatic carbocycles. The molecule has 0 fully saturated rings. The summed E-state index contributed by atoms with van der Waals surface area (Å²) in [6.07, 6.45) is 0. The third-order valence-electron chi connectivity index (χ3n) is 4.55. The Morgan fingerprint density at radius 1 is 1.00 bits per heavy atom. The molecule has 0 heterocycles. The molecule has 0 amide bonds. The molecule has 0 radical (unpaired) electrons. The average molecular weight is 411 g/mol. The van der Waals surface area contributed by atoms with Crippen LogP contribution in [0.5, 0.6) is 5.75 Å². The Morgan fingerprint density at radius 2 is 1.75 bits per heavy atom. The third kappa shape index (κ3) is 4.83. The number of nitrogens with one attached hydrogen (secondary N) is 2. The van der Waals surface area contributed by atoms with Gasteiger partial charge in [0.05, 0.1) is 18.2 Å². The van der Waals surface area contributed by atoms with Crippen LogP contribution in [0.25, 0.3) is 0 Å². The number of anilines is 1. The molecule has 0 aliphatic rings. The summed E-state index contributed by atoms with van der Waals surface area (Å²) in [5.41, 5.74) is 5.59. The van der Waals surface area contributed by atoms with Gasteiger partial charge >= 0.3 is 0 Å². The Hall–Kier alpha value is -2.56. The van der Waals surface area contributed by atoms with Crippen molar-refractivity contribution in [3.63, 3.8) is 0 Å². The smallest absolute Gasteiger partial charge is 0.171 e. The summed E-state index contributed by atoms with van der Waals surface area (Å²) in [6.45, 7) is 4.22. The van der Waals surface area contributed by atoms with E-state index in [0.29, 0.717) is 15.9 Å². The topological polar surface area (TPSA) is 33.3 Å². The van der Waals surface area contributed by atoms with Crippen molar-refractivity contribution in [3.8, 4) is 5.75 Å². The molecule has 2 N–H and O–H groups in total. The van der Waals surface area contributed by atoms with Crippen LogP contribution in [0.15, 0.2) is 66.7 Å². The molecule has 0 aliphatic heterocycles. The van der Waals surface area contributed by atoms with Crippen molar-refractivity contribution in [2.24, 2.45) is 0 Å². The summed E-state index contributed by atoms with van der Waals surface area (Å²) in [6, 6.07) is 22.2. The Morgan fingerprint density at radius 3 is 2.39 bits per heavy atom. The minimum absolute atomic E-state index is 0.0597. The zero-order chi connectivity index (χ0) is 20.1. The van der Waals surface area contributed by atoms with E-state index in [1.807, 2.05) is 30.3 Å². The van der Waals surface area contributed by atoms with E-state index in [9.17, 15) is 0 Å². The van der Waals surface area contributed by atoms with E-state index in [2.05, 4.69) is 54.8 Å². The van der Waals surface area contributed by atoms with Crippen LogP contribution >= 0.6 is 23.8 Å². The molecular weight excluding hydrogens is 388 g/mol. The van der Waals surface area contributed by atoms with Gasteiger partial charge in [0.1, 0.15) is 5.75 Å². The van der Waals surface area contributed by atoms with Crippen LogP contribution in [0.1, 0.15) is 28.3 Å². The van der Waals surface area contributed by atoms with Crippen molar-refractivity contribution >= 4 is 34.6 Å². The van der Waals surface area contributed by atoms with Gasteiger partial charge in [-0.1, -0.05) is 65.7 Å². The first kappa shape index (κ1) is 20.2. The highest BCUT2D eigenvalue weighted by Gasteiger charge is 2.17. The fourth-order valence-corrected chi connectivity index (χ4v) is 3.67. The van der Waals surface area contributed by atoms with E-state index in [1.165, 1.54) is 16.7 Å². The predicted molar refractivity (Wildman–Crippen MR) is 122 cm³/mol. The summed E-state index contributed by atoms with van der Waals surface area (Å²) in [5.74, 6) is 0.628. The highest BCUT2D eigenvalue weighted by molar-refractivity contribution is 7.80. The number of aryl methyl sites for hydroxylation is 2. The highest BCUT2D eigenvalue weighted by Crippen LogP contribution is 2.28. The number of rotatable bonds is 5. The lowest BCUT2D eigenvalue weighted by Gasteiger charge is -2.24. The number of benzene rings is 3. The predicted octanol–water partition coefficient (Wildman–Crippen LogP) is 6.04. The van der Waals surface area contributed by atoms with Gasteiger partial charge in [-0.05, 0) is 61.0 Å². The van der Waals surface area contributed by atoms with Gasteiger partial charge in [0.15, 0.2) is 5.11 Å². The van der Waals surface area contributed by atoms with Crippen LogP contribution in [0.3, 0.4) is 0 Å². The Bertz CT molecular complexity index is 976. The second-order valence-electron chi connectivity index (χ2n) is 6.65. The summed E-state index contributed by atoms with van der Waals surface area (Å²) in [7, 11) is 1.59. The molecule has 1 atom stereocenters. The number of halogens is 1. The summed E-state index contributed by atoms with van der Waals surface area (Å²) in [5, 5.41) is 7.72. The van der Waals surface area contributed by atoms with Crippen molar-refractivity contribution in [1.82, 2.24) is 5.32 Å². The molecule has 28 heavy (non-hydrogen) atoms. The molecule has 0 bridgehead atoms. The number of ether oxygens (including phenoxy) is 1. The van der Waals surface area contributed by atoms with Crippen LogP contribution in [0.2, 0.25) is 5.02 Å². The lowest BCUT2D eigenvalue weighted by molar-refractivity contribution is 0.415. The fourth-order valence-electron chi connectivity index (χ4n) is 3.18.